The van der Waals surface area contributed by atoms with Gasteiger partial charge in [0.05, 0.1) is 0 Å². The lowest BCUT2D eigenvalue weighted by atomic mass is 10.00. The molecular weight excluding hydrogens is 204 g/mol. The predicted molar refractivity (Wildman–Crippen MR) is 69.2 cm³/mol. The second kappa shape index (κ2) is 6.23. The molecule has 0 aliphatic rings. The summed E-state index contributed by atoms with van der Waals surface area (Å²) in [5.74, 6) is 1.73. The average Bonchev–Trinajstić information content (AvgIpc) is 2.65. The van der Waals surface area contributed by atoms with E-state index in [0.717, 1.165) is 6.54 Å². The van der Waals surface area contributed by atoms with Gasteiger partial charge >= 0.3 is 0 Å². The molecule has 3 heteroatoms. The fourth-order valence-corrected chi connectivity index (χ4v) is 1.99. The zero-order valence-corrected chi connectivity index (χ0v) is 10.8. The van der Waals surface area contributed by atoms with Crippen LogP contribution in [0.25, 0.3) is 0 Å². The minimum atomic E-state index is 0.173. The summed E-state index contributed by atoms with van der Waals surface area (Å²) in [5.41, 5.74) is 7.35. The van der Waals surface area contributed by atoms with E-state index in [1.54, 1.807) is 0 Å². The van der Waals surface area contributed by atoms with Crippen LogP contribution in [0.2, 0.25) is 0 Å². The van der Waals surface area contributed by atoms with E-state index < -0.39 is 0 Å². The van der Waals surface area contributed by atoms with Crippen LogP contribution in [0.1, 0.15) is 31.9 Å². The molecule has 2 nitrogen and oxygen atoms in total. The van der Waals surface area contributed by atoms with Gasteiger partial charge in [-0.1, -0.05) is 13.8 Å². The van der Waals surface area contributed by atoms with Crippen LogP contribution in [-0.4, -0.2) is 16.6 Å². The van der Waals surface area contributed by atoms with Crippen molar-refractivity contribution < 1.29 is 0 Å². The van der Waals surface area contributed by atoms with Crippen LogP contribution < -0.4 is 5.73 Å². The average molecular weight is 226 g/mol. The van der Waals surface area contributed by atoms with Gasteiger partial charge in [-0.05, 0) is 36.0 Å². The number of hydrogen-bond acceptors (Lipinski definition) is 2. The van der Waals surface area contributed by atoms with Crippen LogP contribution in [0.5, 0.6) is 0 Å². The Morgan fingerprint density at radius 1 is 1.47 bits per heavy atom. The first-order chi connectivity index (χ1) is 7.15. The molecule has 1 atom stereocenters. The van der Waals surface area contributed by atoms with E-state index in [9.17, 15) is 0 Å². The third kappa shape index (κ3) is 3.92. The van der Waals surface area contributed by atoms with Crippen LogP contribution in [0.15, 0.2) is 18.5 Å². The van der Waals surface area contributed by atoms with Crippen LogP contribution in [0.3, 0.4) is 0 Å². The SMILES string of the molecule is CSCCCn1ccc(C(N)C(C)C)c1. The van der Waals surface area contributed by atoms with Crippen molar-refractivity contribution in [3.8, 4) is 0 Å². The van der Waals surface area contributed by atoms with Crippen molar-refractivity contribution >= 4 is 11.8 Å². The largest absolute Gasteiger partial charge is 0.354 e. The van der Waals surface area contributed by atoms with Gasteiger partial charge in [0, 0.05) is 25.0 Å². The van der Waals surface area contributed by atoms with Crippen molar-refractivity contribution in [3.63, 3.8) is 0 Å². The number of thioether (sulfide) groups is 1. The highest BCUT2D eigenvalue weighted by Crippen LogP contribution is 2.19. The van der Waals surface area contributed by atoms with Crippen molar-refractivity contribution in [1.82, 2.24) is 4.57 Å². The molecule has 0 amide bonds. The summed E-state index contributed by atoms with van der Waals surface area (Å²) < 4.78 is 2.24. The van der Waals surface area contributed by atoms with E-state index in [1.165, 1.54) is 17.7 Å². The van der Waals surface area contributed by atoms with Gasteiger partial charge in [-0.25, -0.2) is 0 Å². The highest BCUT2D eigenvalue weighted by atomic mass is 32.2. The van der Waals surface area contributed by atoms with Crippen molar-refractivity contribution in [2.45, 2.75) is 32.9 Å². The fourth-order valence-electron chi connectivity index (χ4n) is 1.57. The quantitative estimate of drug-likeness (QED) is 0.756. The van der Waals surface area contributed by atoms with E-state index in [2.05, 4.69) is 43.1 Å². The smallest absolute Gasteiger partial charge is 0.0333 e. The van der Waals surface area contributed by atoms with Gasteiger partial charge in [0.15, 0.2) is 0 Å². The third-order valence-electron chi connectivity index (χ3n) is 2.64. The maximum Gasteiger partial charge on any atom is 0.0333 e. The predicted octanol–water partition coefficient (Wildman–Crippen LogP) is 2.90. The lowest BCUT2D eigenvalue weighted by molar-refractivity contribution is 0.513. The molecule has 1 unspecified atom stereocenters. The highest BCUT2D eigenvalue weighted by molar-refractivity contribution is 7.98. The first-order valence-electron chi connectivity index (χ1n) is 5.55. The fraction of sp³-hybridized carbons (Fsp3) is 0.667. The normalized spacial score (nSPS) is 13.4. The molecule has 15 heavy (non-hydrogen) atoms. The first-order valence-corrected chi connectivity index (χ1v) is 6.94. The Kier molecular flexibility index (Phi) is 5.26. The summed E-state index contributed by atoms with van der Waals surface area (Å²) in [6, 6.07) is 2.32. The van der Waals surface area contributed by atoms with Gasteiger partial charge in [0.1, 0.15) is 0 Å². The molecule has 0 aromatic carbocycles. The molecule has 0 radical (unpaired) electrons. The van der Waals surface area contributed by atoms with Crippen LogP contribution in [0.4, 0.5) is 0 Å². The summed E-state index contributed by atoms with van der Waals surface area (Å²) >= 11 is 1.90. The minimum Gasteiger partial charge on any atom is -0.354 e. The van der Waals surface area contributed by atoms with Crippen molar-refractivity contribution in [1.29, 1.82) is 0 Å². The summed E-state index contributed by atoms with van der Waals surface area (Å²) in [4.78, 5) is 0. The van der Waals surface area contributed by atoms with Crippen LogP contribution in [0, 0.1) is 5.92 Å². The first kappa shape index (κ1) is 12.7. The lowest BCUT2D eigenvalue weighted by Gasteiger charge is -2.13. The molecule has 0 aliphatic carbocycles. The van der Waals surface area contributed by atoms with E-state index in [4.69, 9.17) is 5.73 Å². The zero-order valence-electron chi connectivity index (χ0n) is 9.94. The van der Waals surface area contributed by atoms with E-state index >= 15 is 0 Å². The van der Waals surface area contributed by atoms with Gasteiger partial charge in [-0.15, -0.1) is 0 Å². The van der Waals surface area contributed by atoms with E-state index in [0.29, 0.717) is 5.92 Å². The summed E-state index contributed by atoms with van der Waals surface area (Å²) in [7, 11) is 0. The Morgan fingerprint density at radius 3 is 2.80 bits per heavy atom. The Labute approximate surface area is 97.2 Å². The van der Waals surface area contributed by atoms with E-state index in [1.807, 2.05) is 11.8 Å². The van der Waals surface area contributed by atoms with Crippen molar-refractivity contribution in [3.05, 3.63) is 24.0 Å². The number of nitrogens with zero attached hydrogens (tertiary/aromatic N) is 1. The number of aryl methyl sites for hydroxylation is 1. The number of rotatable bonds is 6. The third-order valence-corrected chi connectivity index (χ3v) is 3.34. The maximum atomic E-state index is 6.09. The van der Waals surface area contributed by atoms with Gasteiger partial charge in [0.2, 0.25) is 0 Å². The standard InChI is InChI=1S/C12H22N2S/c1-10(2)12(13)11-5-7-14(9-11)6-4-8-15-3/h5,7,9-10,12H,4,6,8,13H2,1-3H3. The van der Waals surface area contributed by atoms with Crippen molar-refractivity contribution in [2.75, 3.05) is 12.0 Å². The summed E-state index contributed by atoms with van der Waals surface area (Å²) in [5, 5.41) is 0. The van der Waals surface area contributed by atoms with Crippen molar-refractivity contribution in [2.24, 2.45) is 11.7 Å². The number of nitrogens with two attached hydrogens (primary N) is 1. The summed E-state index contributed by atoms with van der Waals surface area (Å²) in [6.07, 6.45) is 7.70. The monoisotopic (exact) mass is 226 g/mol. The van der Waals surface area contributed by atoms with Crippen LogP contribution in [-0.2, 0) is 6.54 Å². The second-order valence-electron chi connectivity index (χ2n) is 4.30. The molecule has 1 aromatic heterocycles. The van der Waals surface area contributed by atoms with Gasteiger partial charge in [-0.2, -0.15) is 11.8 Å². The van der Waals surface area contributed by atoms with Gasteiger partial charge in [-0.3, -0.25) is 0 Å². The molecule has 0 fully saturated rings. The molecular formula is C12H22N2S. The molecule has 0 saturated heterocycles. The molecule has 1 heterocycles. The van der Waals surface area contributed by atoms with Gasteiger partial charge < -0.3 is 10.3 Å². The second-order valence-corrected chi connectivity index (χ2v) is 5.28. The summed E-state index contributed by atoms with van der Waals surface area (Å²) in [6.45, 7) is 5.43. The number of aromatic nitrogens is 1. The Balaban J connectivity index is 2.48. The van der Waals surface area contributed by atoms with E-state index in [-0.39, 0.29) is 6.04 Å². The molecule has 1 aromatic rings. The Hall–Kier alpha value is -0.410. The Bertz CT molecular complexity index is 281. The number of hydrogen-bond donors (Lipinski definition) is 1. The molecule has 1 rings (SSSR count). The van der Waals surface area contributed by atoms with Crippen LogP contribution >= 0.6 is 11.8 Å². The highest BCUT2D eigenvalue weighted by Gasteiger charge is 2.11. The molecule has 2 N–H and O–H groups in total. The topological polar surface area (TPSA) is 30.9 Å². The molecule has 0 saturated carbocycles. The maximum absolute atomic E-state index is 6.09. The molecule has 0 spiro atoms. The van der Waals surface area contributed by atoms with Gasteiger partial charge in [0.25, 0.3) is 0 Å². The lowest BCUT2D eigenvalue weighted by Crippen LogP contribution is -2.15. The Morgan fingerprint density at radius 2 is 2.20 bits per heavy atom. The minimum absolute atomic E-state index is 0.173. The molecule has 0 aliphatic heterocycles. The molecule has 0 bridgehead atoms. The zero-order chi connectivity index (χ0) is 11.3. The molecule has 86 valence electrons.